The number of hydrogen-bond donors (Lipinski definition) is 1. The second-order valence-electron chi connectivity index (χ2n) is 6.75. The van der Waals surface area contributed by atoms with Gasteiger partial charge in [0.05, 0.1) is 18.8 Å². The molecule has 7 nitrogen and oxygen atoms in total. The topological polar surface area (TPSA) is 74.9 Å². The van der Waals surface area contributed by atoms with E-state index in [1.54, 1.807) is 36.7 Å². The average Bonchev–Trinajstić information content (AvgIpc) is 2.98. The van der Waals surface area contributed by atoms with Crippen molar-refractivity contribution in [1.29, 1.82) is 0 Å². The van der Waals surface area contributed by atoms with E-state index in [2.05, 4.69) is 4.98 Å². The quantitative estimate of drug-likeness (QED) is 0.880. The van der Waals surface area contributed by atoms with Gasteiger partial charge < -0.3 is 24.3 Å². The molecule has 7 heteroatoms. The fourth-order valence-electron chi connectivity index (χ4n) is 3.44. The summed E-state index contributed by atoms with van der Waals surface area (Å²) in [7, 11) is 0. The van der Waals surface area contributed by atoms with Crippen molar-refractivity contribution in [2.75, 3.05) is 39.4 Å². The van der Waals surface area contributed by atoms with Crippen LogP contribution in [0.15, 0.2) is 36.7 Å². The highest BCUT2D eigenvalue weighted by molar-refractivity contribution is 5.95. The van der Waals surface area contributed by atoms with E-state index in [1.807, 2.05) is 9.80 Å². The molecule has 0 spiro atoms. The summed E-state index contributed by atoms with van der Waals surface area (Å²) < 4.78 is 11.3. The highest BCUT2D eigenvalue weighted by Gasteiger charge is 2.24. The van der Waals surface area contributed by atoms with Crippen molar-refractivity contribution in [2.45, 2.75) is 12.8 Å². The molecule has 27 heavy (non-hydrogen) atoms. The molecule has 2 aromatic rings. The second kappa shape index (κ2) is 7.73. The lowest BCUT2D eigenvalue weighted by Crippen LogP contribution is -2.37. The van der Waals surface area contributed by atoms with Gasteiger partial charge >= 0.3 is 0 Å². The Labute approximate surface area is 157 Å². The molecule has 0 radical (unpaired) electrons. The SMILES string of the molecule is O=C(c1cc[nH]c1)N1CCCN(C(=O)c2ccc3c(c2)OCCCO3)CC1. The van der Waals surface area contributed by atoms with E-state index >= 15 is 0 Å². The van der Waals surface area contributed by atoms with Crippen molar-refractivity contribution in [2.24, 2.45) is 0 Å². The molecule has 2 aliphatic heterocycles. The molecule has 3 heterocycles. The number of amides is 2. The first kappa shape index (κ1) is 17.5. The largest absolute Gasteiger partial charge is 0.490 e. The van der Waals surface area contributed by atoms with E-state index in [-0.39, 0.29) is 11.8 Å². The van der Waals surface area contributed by atoms with Gasteiger partial charge in [-0.2, -0.15) is 0 Å². The summed E-state index contributed by atoms with van der Waals surface area (Å²) in [5, 5.41) is 0. The number of carbonyl (C=O) groups is 2. The van der Waals surface area contributed by atoms with Gasteiger partial charge in [0.1, 0.15) is 0 Å². The molecule has 0 aliphatic carbocycles. The van der Waals surface area contributed by atoms with Gasteiger partial charge in [0.15, 0.2) is 11.5 Å². The summed E-state index contributed by atoms with van der Waals surface area (Å²) in [5.74, 6) is 1.27. The summed E-state index contributed by atoms with van der Waals surface area (Å²) in [5.41, 5.74) is 1.24. The Balaban J connectivity index is 1.44. The molecule has 2 amide bonds. The fraction of sp³-hybridized carbons (Fsp3) is 0.400. The predicted octanol–water partition coefficient (Wildman–Crippen LogP) is 2.16. The van der Waals surface area contributed by atoms with Crippen LogP contribution in [-0.2, 0) is 0 Å². The highest BCUT2D eigenvalue weighted by Crippen LogP contribution is 2.31. The Hall–Kier alpha value is -2.96. The van der Waals surface area contributed by atoms with Crippen molar-refractivity contribution in [3.8, 4) is 11.5 Å². The lowest BCUT2D eigenvalue weighted by molar-refractivity contribution is 0.0718. The van der Waals surface area contributed by atoms with Gasteiger partial charge in [0.25, 0.3) is 11.8 Å². The molecule has 1 aromatic carbocycles. The van der Waals surface area contributed by atoms with E-state index in [0.29, 0.717) is 62.0 Å². The minimum Gasteiger partial charge on any atom is -0.490 e. The predicted molar refractivity (Wildman–Crippen MR) is 99.3 cm³/mol. The molecule has 0 bridgehead atoms. The number of fused-ring (bicyclic) bond motifs is 1. The molecular weight excluding hydrogens is 346 g/mol. The van der Waals surface area contributed by atoms with Gasteiger partial charge in [-0.25, -0.2) is 0 Å². The number of aromatic amines is 1. The van der Waals surface area contributed by atoms with Crippen molar-refractivity contribution in [3.05, 3.63) is 47.8 Å². The van der Waals surface area contributed by atoms with Crippen LogP contribution in [0, 0.1) is 0 Å². The maximum atomic E-state index is 13.0. The number of aromatic nitrogens is 1. The molecule has 0 atom stereocenters. The molecule has 142 valence electrons. The lowest BCUT2D eigenvalue weighted by Gasteiger charge is -2.22. The second-order valence-corrected chi connectivity index (χ2v) is 6.75. The van der Waals surface area contributed by atoms with E-state index in [0.717, 1.165) is 12.8 Å². The third-order valence-corrected chi connectivity index (χ3v) is 4.91. The first-order chi connectivity index (χ1) is 13.2. The average molecular weight is 369 g/mol. The number of H-pyrrole nitrogens is 1. The van der Waals surface area contributed by atoms with Gasteiger partial charge in [0, 0.05) is 50.6 Å². The maximum Gasteiger partial charge on any atom is 0.255 e. The number of nitrogens with zero attached hydrogens (tertiary/aromatic N) is 2. The zero-order valence-corrected chi connectivity index (χ0v) is 15.1. The number of nitrogens with one attached hydrogen (secondary N) is 1. The van der Waals surface area contributed by atoms with Crippen molar-refractivity contribution in [1.82, 2.24) is 14.8 Å². The van der Waals surface area contributed by atoms with Gasteiger partial charge in [-0.1, -0.05) is 0 Å². The molecule has 1 aromatic heterocycles. The normalized spacial score (nSPS) is 17.2. The van der Waals surface area contributed by atoms with Gasteiger partial charge in [-0.15, -0.1) is 0 Å². The van der Waals surface area contributed by atoms with Crippen LogP contribution in [0.3, 0.4) is 0 Å². The van der Waals surface area contributed by atoms with Crippen LogP contribution in [0.25, 0.3) is 0 Å². The monoisotopic (exact) mass is 369 g/mol. The number of benzene rings is 1. The van der Waals surface area contributed by atoms with Crippen LogP contribution in [-0.4, -0.2) is 66.0 Å². The molecule has 1 N–H and O–H groups in total. The molecule has 4 rings (SSSR count). The fourth-order valence-corrected chi connectivity index (χ4v) is 3.44. The summed E-state index contributed by atoms with van der Waals surface area (Å²) >= 11 is 0. The number of carbonyl (C=O) groups excluding carboxylic acids is 2. The zero-order chi connectivity index (χ0) is 18.6. The van der Waals surface area contributed by atoms with E-state index in [1.165, 1.54) is 0 Å². The maximum absolute atomic E-state index is 13.0. The van der Waals surface area contributed by atoms with E-state index < -0.39 is 0 Å². The lowest BCUT2D eigenvalue weighted by atomic mass is 10.1. The molecule has 0 unspecified atom stereocenters. The minimum absolute atomic E-state index is 0.00104. The Morgan fingerprint density at radius 2 is 1.52 bits per heavy atom. The standard InChI is InChI=1S/C20H23N3O4/c24-19(15-3-4-17-18(13-15)27-12-2-11-26-17)22-7-1-8-23(10-9-22)20(25)16-5-6-21-14-16/h3-6,13-14,21H,1-2,7-12H2. The summed E-state index contributed by atoms with van der Waals surface area (Å²) in [6.45, 7) is 3.53. The van der Waals surface area contributed by atoms with Crippen LogP contribution in [0.4, 0.5) is 0 Å². The smallest absolute Gasteiger partial charge is 0.255 e. The minimum atomic E-state index is -0.0402. The first-order valence-electron chi connectivity index (χ1n) is 9.33. The number of ether oxygens (including phenoxy) is 2. The number of hydrogen-bond acceptors (Lipinski definition) is 4. The van der Waals surface area contributed by atoms with Crippen molar-refractivity contribution < 1.29 is 19.1 Å². The van der Waals surface area contributed by atoms with Crippen molar-refractivity contribution in [3.63, 3.8) is 0 Å². The molecule has 1 saturated heterocycles. The molecule has 0 saturated carbocycles. The first-order valence-corrected chi connectivity index (χ1v) is 9.33. The van der Waals surface area contributed by atoms with Crippen LogP contribution < -0.4 is 9.47 Å². The third kappa shape index (κ3) is 3.77. The van der Waals surface area contributed by atoms with Gasteiger partial charge in [0.2, 0.25) is 0 Å². The zero-order valence-electron chi connectivity index (χ0n) is 15.1. The molecular formula is C20H23N3O4. The highest BCUT2D eigenvalue weighted by atomic mass is 16.5. The Kier molecular flexibility index (Phi) is 5.00. The van der Waals surface area contributed by atoms with Crippen LogP contribution in [0.2, 0.25) is 0 Å². The van der Waals surface area contributed by atoms with Crippen LogP contribution in [0.5, 0.6) is 11.5 Å². The Morgan fingerprint density at radius 1 is 0.815 bits per heavy atom. The van der Waals surface area contributed by atoms with Crippen molar-refractivity contribution >= 4 is 11.8 Å². The Morgan fingerprint density at radius 3 is 2.22 bits per heavy atom. The van der Waals surface area contributed by atoms with E-state index in [4.69, 9.17) is 9.47 Å². The van der Waals surface area contributed by atoms with Crippen LogP contribution in [0.1, 0.15) is 33.6 Å². The Bertz CT molecular complexity index is 819. The van der Waals surface area contributed by atoms with Gasteiger partial charge in [-0.05, 0) is 30.7 Å². The summed E-state index contributed by atoms with van der Waals surface area (Å²) in [6.07, 6.45) is 5.03. The molecule has 2 aliphatic rings. The summed E-state index contributed by atoms with van der Waals surface area (Å²) in [4.78, 5) is 32.0. The van der Waals surface area contributed by atoms with Crippen LogP contribution >= 0.6 is 0 Å². The third-order valence-electron chi connectivity index (χ3n) is 4.91. The van der Waals surface area contributed by atoms with Gasteiger partial charge in [-0.3, -0.25) is 9.59 Å². The molecule has 1 fully saturated rings. The van der Waals surface area contributed by atoms with E-state index in [9.17, 15) is 9.59 Å². The number of rotatable bonds is 2. The summed E-state index contributed by atoms with van der Waals surface area (Å²) in [6, 6.07) is 7.11.